The highest BCUT2D eigenvalue weighted by Crippen LogP contribution is 1.95. The van der Waals surface area contributed by atoms with Crippen molar-refractivity contribution < 1.29 is 14.3 Å². The summed E-state index contributed by atoms with van der Waals surface area (Å²) < 4.78 is 4.90. The molecule has 0 saturated carbocycles. The summed E-state index contributed by atoms with van der Waals surface area (Å²) in [5.41, 5.74) is 0. The monoisotopic (exact) mass is 213 g/mol. The average molecular weight is 213 g/mol. The maximum atomic E-state index is 11.3. The smallest absolute Gasteiger partial charge is 0.325 e. The minimum absolute atomic E-state index is 0.0126. The molecule has 0 aliphatic rings. The second-order valence-electron chi connectivity index (χ2n) is 3.18. The van der Waals surface area contributed by atoms with Crippen LogP contribution in [-0.4, -0.2) is 36.5 Å². The van der Waals surface area contributed by atoms with Crippen LogP contribution < -0.4 is 0 Å². The van der Waals surface area contributed by atoms with Gasteiger partial charge in [-0.25, -0.2) is 0 Å². The van der Waals surface area contributed by atoms with E-state index in [1.165, 1.54) is 11.0 Å². The highest BCUT2D eigenvalue weighted by atomic mass is 16.5. The van der Waals surface area contributed by atoms with E-state index < -0.39 is 0 Å². The lowest BCUT2D eigenvalue weighted by molar-refractivity contribution is -0.148. The summed E-state index contributed by atoms with van der Waals surface area (Å²) in [5, 5.41) is 0. The predicted molar refractivity (Wildman–Crippen MR) is 58.3 cm³/mol. The van der Waals surface area contributed by atoms with Gasteiger partial charge in [-0.2, -0.15) is 0 Å². The summed E-state index contributed by atoms with van der Waals surface area (Å²) in [5.74, 6) is -0.592. The number of hydrogen-bond acceptors (Lipinski definition) is 3. The fourth-order valence-electron chi connectivity index (χ4n) is 1.08. The molecule has 0 aromatic heterocycles. The molecule has 0 spiro atoms. The molecule has 0 rings (SSSR count). The third-order valence-electron chi connectivity index (χ3n) is 1.77. The van der Waals surface area contributed by atoms with Crippen LogP contribution in [0.4, 0.5) is 0 Å². The van der Waals surface area contributed by atoms with Crippen LogP contribution in [0.2, 0.25) is 0 Å². The normalized spacial score (nSPS) is 9.47. The fraction of sp³-hybridized carbons (Fsp3) is 0.636. The Morgan fingerprint density at radius 2 is 2.00 bits per heavy atom. The van der Waals surface area contributed by atoms with Crippen LogP contribution in [0.1, 0.15) is 26.7 Å². The van der Waals surface area contributed by atoms with Crippen molar-refractivity contribution in [3.05, 3.63) is 12.7 Å². The summed E-state index contributed by atoms with van der Waals surface area (Å²) in [6.45, 7) is 8.22. The van der Waals surface area contributed by atoms with Crippen LogP contribution in [0.25, 0.3) is 0 Å². The van der Waals surface area contributed by atoms with Gasteiger partial charge in [-0.15, -0.1) is 0 Å². The Labute approximate surface area is 90.9 Å². The largest absolute Gasteiger partial charge is 0.464 e. The molecule has 15 heavy (non-hydrogen) atoms. The topological polar surface area (TPSA) is 46.6 Å². The molecule has 0 unspecified atom stereocenters. The zero-order valence-electron chi connectivity index (χ0n) is 9.49. The van der Waals surface area contributed by atoms with Crippen molar-refractivity contribution in [2.24, 2.45) is 0 Å². The first-order valence-corrected chi connectivity index (χ1v) is 5.22. The fourth-order valence-corrected chi connectivity index (χ4v) is 1.08. The van der Waals surface area contributed by atoms with Gasteiger partial charge in [0.25, 0.3) is 0 Å². The molecule has 1 amide bonds. The van der Waals surface area contributed by atoms with Crippen molar-refractivity contribution in [2.45, 2.75) is 26.7 Å². The molecule has 0 aromatic carbocycles. The van der Waals surface area contributed by atoms with Crippen molar-refractivity contribution in [3.63, 3.8) is 0 Å². The maximum Gasteiger partial charge on any atom is 0.325 e. The molecule has 0 saturated heterocycles. The van der Waals surface area contributed by atoms with E-state index in [-0.39, 0.29) is 18.4 Å². The van der Waals surface area contributed by atoms with E-state index in [9.17, 15) is 9.59 Å². The van der Waals surface area contributed by atoms with Gasteiger partial charge in [0.1, 0.15) is 6.54 Å². The maximum absolute atomic E-state index is 11.3. The third kappa shape index (κ3) is 5.88. The second-order valence-corrected chi connectivity index (χ2v) is 3.18. The molecule has 0 bridgehead atoms. The van der Waals surface area contributed by atoms with Crippen LogP contribution in [-0.2, 0) is 14.3 Å². The molecule has 0 heterocycles. The standard InChI is InChI=1S/C11H19NO3/c1-4-7-12(10(13)6-3)9-11(14)15-8-5-2/h6H,3-5,7-9H2,1-2H3. The SMILES string of the molecule is C=CC(=O)N(CCC)CC(=O)OCCC. The Bertz CT molecular complexity index is 226. The molecule has 0 radical (unpaired) electrons. The van der Waals surface area contributed by atoms with E-state index in [0.29, 0.717) is 13.2 Å². The molecule has 0 aliphatic heterocycles. The van der Waals surface area contributed by atoms with Crippen LogP contribution >= 0.6 is 0 Å². The quantitative estimate of drug-likeness (QED) is 0.474. The third-order valence-corrected chi connectivity index (χ3v) is 1.77. The van der Waals surface area contributed by atoms with Gasteiger partial charge in [0.2, 0.25) is 5.91 Å². The molecule has 86 valence electrons. The predicted octanol–water partition coefficient (Wildman–Crippen LogP) is 1.36. The van der Waals surface area contributed by atoms with Gasteiger partial charge in [-0.3, -0.25) is 9.59 Å². The van der Waals surface area contributed by atoms with Crippen LogP contribution in [0.3, 0.4) is 0 Å². The molecule has 0 atom stereocenters. The van der Waals surface area contributed by atoms with Gasteiger partial charge in [0.05, 0.1) is 6.61 Å². The Balaban J connectivity index is 4.09. The molecule has 4 heteroatoms. The summed E-state index contributed by atoms with van der Waals surface area (Å²) in [6.07, 6.45) is 2.80. The van der Waals surface area contributed by atoms with Crippen molar-refractivity contribution in [1.82, 2.24) is 4.90 Å². The molecule has 0 aromatic rings. The lowest BCUT2D eigenvalue weighted by atomic mass is 10.3. The Hall–Kier alpha value is -1.32. The van der Waals surface area contributed by atoms with Gasteiger partial charge < -0.3 is 9.64 Å². The van der Waals surface area contributed by atoms with Gasteiger partial charge in [0.15, 0.2) is 0 Å². The van der Waals surface area contributed by atoms with Gasteiger partial charge in [-0.05, 0) is 18.9 Å². The van der Waals surface area contributed by atoms with E-state index in [4.69, 9.17) is 4.74 Å². The number of nitrogens with zero attached hydrogens (tertiary/aromatic N) is 1. The number of ether oxygens (including phenoxy) is 1. The van der Waals surface area contributed by atoms with E-state index in [1.54, 1.807) is 0 Å². The zero-order chi connectivity index (χ0) is 11.7. The highest BCUT2D eigenvalue weighted by Gasteiger charge is 2.14. The average Bonchev–Trinajstić information content (AvgIpc) is 2.24. The lowest BCUT2D eigenvalue weighted by Crippen LogP contribution is -2.35. The van der Waals surface area contributed by atoms with E-state index >= 15 is 0 Å². The van der Waals surface area contributed by atoms with Crippen molar-refractivity contribution in [1.29, 1.82) is 0 Å². The summed E-state index contributed by atoms with van der Waals surface area (Å²) in [6, 6.07) is 0. The molecular weight excluding hydrogens is 194 g/mol. The Kier molecular flexibility index (Phi) is 7.32. The molecule has 0 aliphatic carbocycles. The van der Waals surface area contributed by atoms with E-state index in [2.05, 4.69) is 6.58 Å². The number of carbonyl (C=O) groups is 2. The van der Waals surface area contributed by atoms with Crippen LogP contribution in [0.15, 0.2) is 12.7 Å². The zero-order valence-corrected chi connectivity index (χ0v) is 9.49. The number of rotatable bonds is 7. The Morgan fingerprint density at radius 3 is 2.47 bits per heavy atom. The lowest BCUT2D eigenvalue weighted by Gasteiger charge is -2.19. The van der Waals surface area contributed by atoms with E-state index in [0.717, 1.165) is 12.8 Å². The van der Waals surface area contributed by atoms with Crippen LogP contribution in [0, 0.1) is 0 Å². The molecule has 4 nitrogen and oxygen atoms in total. The summed E-state index contributed by atoms with van der Waals surface area (Å²) >= 11 is 0. The second kappa shape index (κ2) is 8.03. The first kappa shape index (κ1) is 13.7. The van der Waals surface area contributed by atoms with Gasteiger partial charge in [-0.1, -0.05) is 20.4 Å². The van der Waals surface area contributed by atoms with Crippen LogP contribution in [0.5, 0.6) is 0 Å². The van der Waals surface area contributed by atoms with E-state index in [1.807, 2.05) is 13.8 Å². The van der Waals surface area contributed by atoms with Gasteiger partial charge in [0, 0.05) is 6.54 Å². The van der Waals surface area contributed by atoms with Crippen molar-refractivity contribution >= 4 is 11.9 Å². The first-order chi connectivity index (χ1) is 7.15. The summed E-state index contributed by atoms with van der Waals surface area (Å²) in [4.78, 5) is 24.0. The molecule has 0 N–H and O–H groups in total. The number of amides is 1. The Morgan fingerprint density at radius 1 is 1.33 bits per heavy atom. The van der Waals surface area contributed by atoms with Gasteiger partial charge >= 0.3 is 5.97 Å². The highest BCUT2D eigenvalue weighted by molar-refractivity contribution is 5.89. The minimum Gasteiger partial charge on any atom is -0.464 e. The van der Waals surface area contributed by atoms with Crippen molar-refractivity contribution in [3.8, 4) is 0 Å². The van der Waals surface area contributed by atoms with Crippen molar-refractivity contribution in [2.75, 3.05) is 19.7 Å². The number of carbonyl (C=O) groups excluding carboxylic acids is 2. The first-order valence-electron chi connectivity index (χ1n) is 5.22. The molecule has 0 fully saturated rings. The number of esters is 1. The number of hydrogen-bond donors (Lipinski definition) is 0. The minimum atomic E-state index is -0.361. The summed E-state index contributed by atoms with van der Waals surface area (Å²) in [7, 11) is 0. The molecular formula is C11H19NO3.